The number of rotatable bonds is 9. The standard InChI is InChI=1S/C28H36FN5O4Si/c1-28(2,3)39(7,8)38-12-11-33(24-14-21(36-5)15-25(37-6)26(24)29)19-9-10-23-22(13-19)27(35)34(18-30-23)20-16-31-32(4)17-20/h9-10,13-18H,11-12H2,1-8H3. The van der Waals surface area contributed by atoms with Crippen LogP contribution in [0.5, 0.6) is 11.5 Å². The number of anilines is 2. The minimum atomic E-state index is -2.06. The number of benzene rings is 2. The van der Waals surface area contributed by atoms with Gasteiger partial charge in [-0.05, 0) is 36.3 Å². The zero-order chi connectivity index (χ0) is 28.5. The number of hydrogen-bond donors (Lipinski definition) is 0. The topological polar surface area (TPSA) is 83.6 Å². The van der Waals surface area contributed by atoms with Gasteiger partial charge >= 0.3 is 0 Å². The summed E-state index contributed by atoms with van der Waals surface area (Å²) in [5.74, 6) is -0.0364. The molecule has 0 unspecified atom stereocenters. The van der Waals surface area contributed by atoms with E-state index >= 15 is 4.39 Å². The normalized spacial score (nSPS) is 12.1. The second-order valence-corrected chi connectivity index (χ2v) is 15.7. The van der Waals surface area contributed by atoms with Gasteiger partial charge in [0.2, 0.25) is 0 Å². The Labute approximate surface area is 228 Å². The molecule has 0 aliphatic rings. The molecule has 0 N–H and O–H groups in total. The van der Waals surface area contributed by atoms with Crippen LogP contribution >= 0.6 is 0 Å². The molecule has 0 spiro atoms. The van der Waals surface area contributed by atoms with Crippen LogP contribution in [0.1, 0.15) is 20.8 Å². The monoisotopic (exact) mass is 553 g/mol. The fraction of sp³-hybridized carbons (Fsp3) is 0.393. The van der Waals surface area contributed by atoms with Crippen molar-refractivity contribution in [3.8, 4) is 17.2 Å². The van der Waals surface area contributed by atoms with Crippen molar-refractivity contribution in [3.05, 3.63) is 65.2 Å². The minimum absolute atomic E-state index is 0.0221. The Morgan fingerprint density at radius 3 is 2.46 bits per heavy atom. The average molecular weight is 554 g/mol. The minimum Gasteiger partial charge on any atom is -0.497 e. The Bertz CT molecular complexity index is 1540. The zero-order valence-electron chi connectivity index (χ0n) is 23.8. The molecule has 2 heterocycles. The highest BCUT2D eigenvalue weighted by Crippen LogP contribution is 2.39. The second kappa shape index (κ2) is 10.8. The Morgan fingerprint density at radius 1 is 1.10 bits per heavy atom. The third kappa shape index (κ3) is 5.69. The third-order valence-corrected chi connectivity index (χ3v) is 11.9. The molecule has 0 aliphatic heterocycles. The van der Waals surface area contributed by atoms with E-state index in [1.807, 2.05) is 6.07 Å². The smallest absolute Gasteiger partial charge is 0.265 e. The fourth-order valence-corrected chi connectivity index (χ4v) is 5.05. The number of methoxy groups -OCH3 is 2. The van der Waals surface area contributed by atoms with E-state index in [0.717, 1.165) is 0 Å². The van der Waals surface area contributed by atoms with E-state index in [0.29, 0.717) is 41.2 Å². The molecule has 11 heteroatoms. The average Bonchev–Trinajstić information content (AvgIpc) is 3.32. The first kappa shape index (κ1) is 28.3. The Kier molecular flexibility index (Phi) is 7.85. The van der Waals surface area contributed by atoms with Crippen molar-refractivity contribution in [2.24, 2.45) is 7.05 Å². The molecule has 0 amide bonds. The maximum atomic E-state index is 15.7. The molecule has 4 aromatic rings. The van der Waals surface area contributed by atoms with E-state index in [1.165, 1.54) is 31.2 Å². The number of nitrogens with zero attached hydrogens (tertiary/aromatic N) is 5. The summed E-state index contributed by atoms with van der Waals surface area (Å²) in [6.45, 7) is 11.6. The van der Waals surface area contributed by atoms with Gasteiger partial charge in [-0.15, -0.1) is 0 Å². The molecule has 0 radical (unpaired) electrons. The number of halogens is 1. The Hall–Kier alpha value is -3.70. The van der Waals surface area contributed by atoms with Crippen LogP contribution in [0.3, 0.4) is 0 Å². The molecular weight excluding hydrogens is 517 g/mol. The van der Waals surface area contributed by atoms with Gasteiger partial charge in [0.05, 0.1) is 49.3 Å². The molecule has 0 atom stereocenters. The lowest BCUT2D eigenvalue weighted by molar-refractivity contribution is 0.296. The molecule has 9 nitrogen and oxygen atoms in total. The molecule has 0 fully saturated rings. The van der Waals surface area contributed by atoms with E-state index in [9.17, 15) is 4.79 Å². The highest BCUT2D eigenvalue weighted by atomic mass is 28.4. The van der Waals surface area contributed by atoms with Gasteiger partial charge < -0.3 is 18.8 Å². The number of hydrogen-bond acceptors (Lipinski definition) is 7. The lowest BCUT2D eigenvalue weighted by Crippen LogP contribution is -2.42. The van der Waals surface area contributed by atoms with E-state index in [-0.39, 0.29) is 22.0 Å². The van der Waals surface area contributed by atoms with Crippen LogP contribution in [-0.4, -0.2) is 55.0 Å². The molecule has 208 valence electrons. The molecule has 2 aromatic heterocycles. The predicted molar refractivity (Wildman–Crippen MR) is 154 cm³/mol. The van der Waals surface area contributed by atoms with Gasteiger partial charge in [-0.25, -0.2) is 9.37 Å². The summed E-state index contributed by atoms with van der Waals surface area (Å²) in [6, 6.07) is 8.43. The molecule has 0 bridgehead atoms. The van der Waals surface area contributed by atoms with Crippen molar-refractivity contribution in [2.75, 3.05) is 32.3 Å². The number of fused-ring (bicyclic) bond motifs is 1. The lowest BCUT2D eigenvalue weighted by atomic mass is 10.1. The van der Waals surface area contributed by atoms with Crippen molar-refractivity contribution >= 4 is 30.6 Å². The molecule has 0 saturated carbocycles. The molecule has 0 saturated heterocycles. The SMILES string of the molecule is COc1cc(OC)c(F)c(N(CCO[Si](C)(C)C(C)(C)C)c2ccc3ncn(-c4cnn(C)c4)c(=O)c3c2)c1. The first-order chi connectivity index (χ1) is 18.4. The summed E-state index contributed by atoms with van der Waals surface area (Å²) in [7, 11) is 2.65. The van der Waals surface area contributed by atoms with Gasteiger partial charge in [-0.1, -0.05) is 20.8 Å². The summed E-state index contributed by atoms with van der Waals surface area (Å²) < 4.78 is 35.9. The largest absolute Gasteiger partial charge is 0.497 e. The van der Waals surface area contributed by atoms with E-state index < -0.39 is 14.1 Å². The van der Waals surface area contributed by atoms with Crippen LogP contribution in [0, 0.1) is 5.82 Å². The Morgan fingerprint density at radius 2 is 1.85 bits per heavy atom. The van der Waals surface area contributed by atoms with Gasteiger partial charge in [0.15, 0.2) is 19.9 Å². The van der Waals surface area contributed by atoms with Crippen LogP contribution in [-0.2, 0) is 11.5 Å². The van der Waals surface area contributed by atoms with Crippen molar-refractivity contribution < 1.29 is 18.3 Å². The Balaban J connectivity index is 1.83. The summed E-state index contributed by atoms with van der Waals surface area (Å²) >= 11 is 0. The van der Waals surface area contributed by atoms with Crippen LogP contribution < -0.4 is 19.9 Å². The third-order valence-electron chi connectivity index (χ3n) is 7.35. The highest BCUT2D eigenvalue weighted by molar-refractivity contribution is 6.74. The molecular formula is C28H36FN5O4Si. The summed E-state index contributed by atoms with van der Waals surface area (Å²) in [6.07, 6.45) is 4.82. The summed E-state index contributed by atoms with van der Waals surface area (Å²) in [5.41, 5.74) is 1.74. The van der Waals surface area contributed by atoms with Gasteiger partial charge in [0.25, 0.3) is 5.56 Å². The van der Waals surface area contributed by atoms with E-state index in [2.05, 4.69) is 43.9 Å². The lowest BCUT2D eigenvalue weighted by Gasteiger charge is -2.37. The number of aryl methyl sites for hydroxylation is 1. The van der Waals surface area contributed by atoms with Crippen LogP contribution in [0.25, 0.3) is 16.6 Å². The van der Waals surface area contributed by atoms with Gasteiger partial charge in [-0.3, -0.25) is 14.0 Å². The molecule has 0 aliphatic carbocycles. The molecule has 39 heavy (non-hydrogen) atoms. The first-order valence-electron chi connectivity index (χ1n) is 12.7. The maximum absolute atomic E-state index is 15.7. The van der Waals surface area contributed by atoms with Gasteiger partial charge in [0, 0.05) is 37.6 Å². The molecule has 2 aromatic carbocycles. The van der Waals surface area contributed by atoms with Gasteiger partial charge in [-0.2, -0.15) is 5.10 Å². The van der Waals surface area contributed by atoms with Crippen molar-refractivity contribution in [1.82, 2.24) is 19.3 Å². The van der Waals surface area contributed by atoms with Crippen molar-refractivity contribution in [3.63, 3.8) is 0 Å². The summed E-state index contributed by atoms with van der Waals surface area (Å²) in [5, 5.41) is 4.57. The summed E-state index contributed by atoms with van der Waals surface area (Å²) in [4.78, 5) is 19.8. The van der Waals surface area contributed by atoms with Crippen LogP contribution in [0.15, 0.2) is 53.8 Å². The van der Waals surface area contributed by atoms with Crippen LogP contribution in [0.4, 0.5) is 15.8 Å². The van der Waals surface area contributed by atoms with E-state index in [4.69, 9.17) is 13.9 Å². The number of ether oxygens (including phenoxy) is 2. The van der Waals surface area contributed by atoms with E-state index in [1.54, 1.807) is 47.2 Å². The number of aromatic nitrogens is 4. The maximum Gasteiger partial charge on any atom is 0.265 e. The van der Waals surface area contributed by atoms with Crippen LogP contribution in [0.2, 0.25) is 18.1 Å². The highest BCUT2D eigenvalue weighted by Gasteiger charge is 2.37. The quantitative estimate of drug-likeness (QED) is 0.255. The predicted octanol–water partition coefficient (Wildman–Crippen LogP) is 5.44. The van der Waals surface area contributed by atoms with Crippen molar-refractivity contribution in [2.45, 2.75) is 38.9 Å². The van der Waals surface area contributed by atoms with Gasteiger partial charge in [0.1, 0.15) is 12.1 Å². The fourth-order valence-electron chi connectivity index (χ4n) is 4.01. The first-order valence-corrected chi connectivity index (χ1v) is 15.6. The second-order valence-electron chi connectivity index (χ2n) is 10.9. The van der Waals surface area contributed by atoms with Crippen molar-refractivity contribution in [1.29, 1.82) is 0 Å². The molecule has 4 rings (SSSR count). The zero-order valence-corrected chi connectivity index (χ0v) is 24.8.